The number of rotatable bonds is 5. The fourth-order valence-electron chi connectivity index (χ4n) is 2.67. The maximum absolute atomic E-state index is 12.4. The predicted molar refractivity (Wildman–Crippen MR) is 83.3 cm³/mol. The molecule has 1 aliphatic rings. The second-order valence-electron chi connectivity index (χ2n) is 5.32. The summed E-state index contributed by atoms with van der Waals surface area (Å²) >= 11 is 1.61. The topological polar surface area (TPSA) is 29.5 Å². The first-order chi connectivity index (χ1) is 9.61. The summed E-state index contributed by atoms with van der Waals surface area (Å²) in [6.07, 6.45) is 4.81. The van der Waals surface area contributed by atoms with Crippen molar-refractivity contribution in [2.75, 3.05) is 14.2 Å². The molecule has 0 N–H and O–H groups in total. The molecule has 1 aromatic carbocycles. The second-order valence-corrected chi connectivity index (χ2v) is 6.74. The van der Waals surface area contributed by atoms with Gasteiger partial charge in [-0.05, 0) is 44.0 Å². The van der Waals surface area contributed by atoms with Crippen LogP contribution in [0, 0.1) is 0 Å². The van der Waals surface area contributed by atoms with Gasteiger partial charge in [-0.1, -0.05) is 12.8 Å². The van der Waals surface area contributed by atoms with Crippen molar-refractivity contribution in [1.82, 2.24) is 4.90 Å². The van der Waals surface area contributed by atoms with Gasteiger partial charge in [-0.3, -0.25) is 4.79 Å². The van der Waals surface area contributed by atoms with Gasteiger partial charge < -0.3 is 9.64 Å². The molecule has 0 radical (unpaired) electrons. The molecule has 0 unspecified atom stereocenters. The SMILES string of the molecule is COc1ccc(S[C@H](C)C(=O)N(C)C2CCCC2)cc1. The summed E-state index contributed by atoms with van der Waals surface area (Å²) in [6, 6.07) is 8.31. The zero-order valence-electron chi connectivity index (χ0n) is 12.5. The predicted octanol–water partition coefficient (Wildman–Crippen LogP) is 3.58. The van der Waals surface area contributed by atoms with Crippen LogP contribution in [0.4, 0.5) is 0 Å². The first-order valence-electron chi connectivity index (χ1n) is 7.19. The number of carbonyl (C=O) groups excluding carboxylic acids is 1. The number of nitrogens with zero attached hydrogens (tertiary/aromatic N) is 1. The highest BCUT2D eigenvalue weighted by molar-refractivity contribution is 8.00. The lowest BCUT2D eigenvalue weighted by Crippen LogP contribution is -2.39. The van der Waals surface area contributed by atoms with Gasteiger partial charge in [0.2, 0.25) is 5.91 Å². The number of ether oxygens (including phenoxy) is 1. The van der Waals surface area contributed by atoms with E-state index < -0.39 is 0 Å². The van der Waals surface area contributed by atoms with E-state index in [2.05, 4.69) is 0 Å². The molecule has 20 heavy (non-hydrogen) atoms. The molecule has 4 heteroatoms. The molecule has 0 heterocycles. The minimum atomic E-state index is -0.0472. The van der Waals surface area contributed by atoms with Crippen molar-refractivity contribution >= 4 is 17.7 Å². The van der Waals surface area contributed by atoms with E-state index in [1.165, 1.54) is 12.8 Å². The van der Waals surface area contributed by atoms with Crippen LogP contribution in [0.25, 0.3) is 0 Å². The third-order valence-corrected chi connectivity index (χ3v) is 5.04. The largest absolute Gasteiger partial charge is 0.497 e. The van der Waals surface area contributed by atoms with E-state index in [1.54, 1.807) is 18.9 Å². The summed E-state index contributed by atoms with van der Waals surface area (Å²) in [4.78, 5) is 15.5. The number of hydrogen-bond donors (Lipinski definition) is 0. The second kappa shape index (κ2) is 7.02. The average molecular weight is 293 g/mol. The van der Waals surface area contributed by atoms with Gasteiger partial charge in [-0.15, -0.1) is 11.8 Å². The monoisotopic (exact) mass is 293 g/mol. The molecule has 1 aromatic rings. The van der Waals surface area contributed by atoms with Crippen LogP contribution in [0.2, 0.25) is 0 Å². The van der Waals surface area contributed by atoms with Crippen molar-refractivity contribution < 1.29 is 9.53 Å². The van der Waals surface area contributed by atoms with Gasteiger partial charge in [0.05, 0.1) is 12.4 Å². The number of thioether (sulfide) groups is 1. The summed E-state index contributed by atoms with van der Waals surface area (Å²) in [5.74, 6) is 1.08. The summed E-state index contributed by atoms with van der Waals surface area (Å²) in [6.45, 7) is 1.99. The van der Waals surface area contributed by atoms with E-state index in [9.17, 15) is 4.79 Å². The first-order valence-corrected chi connectivity index (χ1v) is 8.07. The Morgan fingerprint density at radius 3 is 2.45 bits per heavy atom. The van der Waals surface area contributed by atoms with Crippen molar-refractivity contribution in [3.05, 3.63) is 24.3 Å². The molecule has 0 aromatic heterocycles. The van der Waals surface area contributed by atoms with Gasteiger partial charge in [0.25, 0.3) is 0 Å². The van der Waals surface area contributed by atoms with Crippen molar-refractivity contribution in [2.24, 2.45) is 0 Å². The van der Waals surface area contributed by atoms with Crippen molar-refractivity contribution in [3.8, 4) is 5.75 Å². The molecule has 3 nitrogen and oxygen atoms in total. The molecule has 1 saturated carbocycles. The minimum absolute atomic E-state index is 0.0472. The molecule has 1 aliphatic carbocycles. The Bertz CT molecular complexity index is 440. The highest BCUT2D eigenvalue weighted by atomic mass is 32.2. The molecule has 1 fully saturated rings. The third kappa shape index (κ3) is 3.69. The lowest BCUT2D eigenvalue weighted by molar-refractivity contribution is -0.130. The molecule has 1 amide bonds. The Morgan fingerprint density at radius 1 is 1.30 bits per heavy atom. The van der Waals surface area contributed by atoms with E-state index in [0.29, 0.717) is 6.04 Å². The maximum Gasteiger partial charge on any atom is 0.235 e. The van der Waals surface area contributed by atoms with Gasteiger partial charge in [0.15, 0.2) is 0 Å². The van der Waals surface area contributed by atoms with E-state index in [-0.39, 0.29) is 11.2 Å². The Kier molecular flexibility index (Phi) is 5.35. The van der Waals surface area contributed by atoms with E-state index in [4.69, 9.17) is 4.74 Å². The lowest BCUT2D eigenvalue weighted by Gasteiger charge is -2.27. The van der Waals surface area contributed by atoms with Crippen LogP contribution >= 0.6 is 11.8 Å². The summed E-state index contributed by atoms with van der Waals surface area (Å²) < 4.78 is 5.14. The highest BCUT2D eigenvalue weighted by Gasteiger charge is 2.26. The maximum atomic E-state index is 12.4. The lowest BCUT2D eigenvalue weighted by atomic mass is 10.2. The zero-order valence-corrected chi connectivity index (χ0v) is 13.3. The molecule has 0 aliphatic heterocycles. The Labute approximate surface area is 125 Å². The van der Waals surface area contributed by atoms with Crippen LogP contribution in [-0.4, -0.2) is 36.3 Å². The van der Waals surface area contributed by atoms with Crippen LogP contribution in [0.15, 0.2) is 29.2 Å². The first kappa shape index (κ1) is 15.2. The quantitative estimate of drug-likeness (QED) is 0.777. The Morgan fingerprint density at radius 2 is 1.90 bits per heavy atom. The number of amides is 1. The molecular formula is C16H23NO2S. The number of methoxy groups -OCH3 is 1. The third-order valence-electron chi connectivity index (χ3n) is 3.94. The smallest absolute Gasteiger partial charge is 0.235 e. The average Bonchev–Trinajstić information content (AvgIpc) is 3.00. The summed E-state index contributed by atoms with van der Waals surface area (Å²) in [5.41, 5.74) is 0. The van der Waals surface area contributed by atoms with Crippen molar-refractivity contribution in [3.63, 3.8) is 0 Å². The fourth-order valence-corrected chi connectivity index (χ4v) is 3.64. The minimum Gasteiger partial charge on any atom is -0.497 e. The van der Waals surface area contributed by atoms with Gasteiger partial charge >= 0.3 is 0 Å². The Hall–Kier alpha value is -1.16. The van der Waals surface area contributed by atoms with Crippen LogP contribution in [0.1, 0.15) is 32.6 Å². The standard InChI is InChI=1S/C16H23NO2S/c1-12(16(18)17(2)13-6-4-5-7-13)20-15-10-8-14(19-3)9-11-15/h8-13H,4-7H2,1-3H3/t12-/m1/s1. The van der Waals surface area contributed by atoms with Crippen LogP contribution in [-0.2, 0) is 4.79 Å². The number of hydrogen-bond acceptors (Lipinski definition) is 3. The summed E-state index contributed by atoms with van der Waals surface area (Å²) in [5, 5.41) is -0.0472. The fraction of sp³-hybridized carbons (Fsp3) is 0.562. The Balaban J connectivity index is 1.92. The number of benzene rings is 1. The molecule has 0 spiro atoms. The van der Waals surface area contributed by atoms with E-state index >= 15 is 0 Å². The molecule has 110 valence electrons. The highest BCUT2D eigenvalue weighted by Crippen LogP contribution is 2.28. The van der Waals surface area contributed by atoms with Crippen LogP contribution < -0.4 is 4.74 Å². The molecule has 0 saturated heterocycles. The zero-order chi connectivity index (χ0) is 14.5. The molecular weight excluding hydrogens is 270 g/mol. The molecule has 2 rings (SSSR count). The molecule has 1 atom stereocenters. The van der Waals surface area contributed by atoms with Gasteiger partial charge in [-0.2, -0.15) is 0 Å². The van der Waals surface area contributed by atoms with E-state index in [1.807, 2.05) is 43.1 Å². The van der Waals surface area contributed by atoms with Crippen molar-refractivity contribution in [1.29, 1.82) is 0 Å². The summed E-state index contributed by atoms with van der Waals surface area (Å²) in [7, 11) is 3.61. The normalized spacial score (nSPS) is 16.9. The van der Waals surface area contributed by atoms with E-state index in [0.717, 1.165) is 23.5 Å². The van der Waals surface area contributed by atoms with Gasteiger partial charge in [0.1, 0.15) is 5.75 Å². The van der Waals surface area contributed by atoms with Gasteiger partial charge in [0, 0.05) is 18.0 Å². The van der Waals surface area contributed by atoms with Crippen molar-refractivity contribution in [2.45, 2.75) is 48.8 Å². The van der Waals surface area contributed by atoms with Gasteiger partial charge in [-0.25, -0.2) is 0 Å². The van der Waals surface area contributed by atoms with Crippen LogP contribution in [0.3, 0.4) is 0 Å². The van der Waals surface area contributed by atoms with Crippen LogP contribution in [0.5, 0.6) is 5.75 Å². The number of carbonyl (C=O) groups is 1. The molecule has 0 bridgehead atoms.